The van der Waals surface area contributed by atoms with Crippen LogP contribution < -0.4 is 0 Å². The lowest BCUT2D eigenvalue weighted by Crippen LogP contribution is -1.84. The number of nitrogens with zero attached hydrogens (tertiary/aromatic N) is 1. The second-order valence-corrected chi connectivity index (χ2v) is 3.59. The minimum absolute atomic E-state index is 0.453. The van der Waals surface area contributed by atoms with Crippen molar-refractivity contribution in [2.75, 3.05) is 0 Å². The minimum Gasteiger partial charge on any atom is -0.256 e. The lowest BCUT2D eigenvalue weighted by molar-refractivity contribution is 1.36. The summed E-state index contributed by atoms with van der Waals surface area (Å²) < 4.78 is 15.7. The van der Waals surface area contributed by atoms with E-state index in [4.69, 9.17) is 2.74 Å². The van der Waals surface area contributed by atoms with Gasteiger partial charge in [0.2, 0.25) is 0 Å². The maximum absolute atomic E-state index is 8.02. The Kier molecular flexibility index (Phi) is 1.70. The van der Waals surface area contributed by atoms with Gasteiger partial charge in [0.15, 0.2) is 0 Å². The first-order chi connectivity index (χ1) is 8.75. The number of rotatable bonds is 1. The van der Waals surface area contributed by atoms with Gasteiger partial charge >= 0.3 is 0 Å². The Morgan fingerprint density at radius 2 is 1.88 bits per heavy atom. The molecule has 0 aliphatic carbocycles. The van der Waals surface area contributed by atoms with Gasteiger partial charge in [0.25, 0.3) is 0 Å². The summed E-state index contributed by atoms with van der Waals surface area (Å²) in [5, 5.41) is 1.84. The molecule has 3 rings (SSSR count). The smallest absolute Gasteiger partial charge is 0.0780 e. The summed E-state index contributed by atoms with van der Waals surface area (Å²) in [7, 11) is 0. The Bertz CT molecular complexity index is 717. The van der Waals surface area contributed by atoms with E-state index in [9.17, 15) is 0 Å². The minimum atomic E-state index is 0.453. The molecule has 0 unspecified atom stereocenters. The highest BCUT2D eigenvalue weighted by molar-refractivity contribution is 5.94. The van der Waals surface area contributed by atoms with Crippen LogP contribution in [0.4, 0.5) is 0 Å². The highest BCUT2D eigenvalue weighted by Crippen LogP contribution is 2.25. The van der Waals surface area contributed by atoms with Crippen LogP contribution in [-0.4, -0.2) is 4.98 Å². The number of pyridine rings is 1. The van der Waals surface area contributed by atoms with Crippen molar-refractivity contribution in [3.8, 4) is 11.3 Å². The summed E-state index contributed by atoms with van der Waals surface area (Å²) in [6.07, 6.45) is 1.74. The van der Waals surface area contributed by atoms with Crippen molar-refractivity contribution in [2.24, 2.45) is 0 Å². The van der Waals surface area contributed by atoms with Crippen molar-refractivity contribution in [1.29, 1.82) is 0 Å². The van der Waals surface area contributed by atoms with Gasteiger partial charge in [0, 0.05) is 17.1 Å². The van der Waals surface area contributed by atoms with E-state index in [-0.39, 0.29) is 0 Å². The molecule has 3 aromatic rings. The standard InChI is InChI=1S/C15H11N/c1-2-7-13(8-3-1)15-14-9-5-4-6-12(14)10-11-16-15/h1-11H/i2D,9D. The van der Waals surface area contributed by atoms with Crippen LogP contribution in [0.5, 0.6) is 0 Å². The van der Waals surface area contributed by atoms with E-state index in [1.54, 1.807) is 24.4 Å². The average molecular weight is 207 g/mol. The van der Waals surface area contributed by atoms with Crippen LogP contribution in [-0.2, 0) is 0 Å². The van der Waals surface area contributed by atoms with Gasteiger partial charge in [-0.15, -0.1) is 0 Å². The van der Waals surface area contributed by atoms with Crippen molar-refractivity contribution < 1.29 is 2.74 Å². The molecule has 1 aromatic heterocycles. The maximum Gasteiger partial charge on any atom is 0.0780 e. The van der Waals surface area contributed by atoms with E-state index < -0.39 is 0 Å². The number of hydrogen-bond donors (Lipinski definition) is 0. The molecule has 0 N–H and O–H groups in total. The van der Waals surface area contributed by atoms with Crippen LogP contribution in [0.25, 0.3) is 22.0 Å². The molecule has 0 fully saturated rings. The molecule has 76 valence electrons. The first kappa shape index (κ1) is 7.18. The van der Waals surface area contributed by atoms with Crippen LogP contribution >= 0.6 is 0 Å². The normalized spacial score (nSPS) is 12.2. The van der Waals surface area contributed by atoms with Gasteiger partial charge in [-0.3, -0.25) is 4.98 Å². The predicted molar refractivity (Wildman–Crippen MR) is 67.2 cm³/mol. The second-order valence-electron chi connectivity index (χ2n) is 3.59. The van der Waals surface area contributed by atoms with E-state index in [0.29, 0.717) is 12.1 Å². The van der Waals surface area contributed by atoms with Gasteiger partial charge in [0.05, 0.1) is 8.44 Å². The molecule has 0 saturated carbocycles. The molecule has 2 aromatic carbocycles. The van der Waals surface area contributed by atoms with Crippen molar-refractivity contribution in [3.63, 3.8) is 0 Å². The summed E-state index contributed by atoms with van der Waals surface area (Å²) in [5.41, 5.74) is 1.65. The average Bonchev–Trinajstić information content (AvgIpc) is 2.38. The van der Waals surface area contributed by atoms with Crippen molar-refractivity contribution >= 4 is 10.8 Å². The van der Waals surface area contributed by atoms with Crippen LogP contribution in [0.1, 0.15) is 2.74 Å². The van der Waals surface area contributed by atoms with Crippen LogP contribution in [0.15, 0.2) is 66.8 Å². The SMILES string of the molecule is [2H]c1cccc(-c2nccc3cccc([2H])c23)c1. The third-order valence-electron chi connectivity index (χ3n) is 2.56. The molecule has 0 bridgehead atoms. The molecule has 0 spiro atoms. The Morgan fingerprint density at radius 1 is 0.938 bits per heavy atom. The van der Waals surface area contributed by atoms with E-state index in [1.165, 1.54) is 0 Å². The highest BCUT2D eigenvalue weighted by atomic mass is 14.7. The monoisotopic (exact) mass is 207 g/mol. The zero-order valence-corrected chi connectivity index (χ0v) is 8.64. The fraction of sp³-hybridized carbons (Fsp3) is 0. The quantitative estimate of drug-likeness (QED) is 0.589. The molecule has 0 saturated heterocycles. The molecule has 0 aliphatic heterocycles. The Labute approximate surface area is 97.2 Å². The van der Waals surface area contributed by atoms with Gasteiger partial charge in [-0.25, -0.2) is 0 Å². The van der Waals surface area contributed by atoms with E-state index in [0.717, 1.165) is 22.0 Å². The zero-order valence-electron chi connectivity index (χ0n) is 10.6. The third kappa shape index (κ3) is 1.47. The molecular weight excluding hydrogens is 194 g/mol. The summed E-state index contributed by atoms with van der Waals surface area (Å²) in [4.78, 5) is 4.38. The molecular formula is C15H11N. The molecule has 16 heavy (non-hydrogen) atoms. The topological polar surface area (TPSA) is 12.9 Å². The Balaban J connectivity index is 2.36. The van der Waals surface area contributed by atoms with Crippen molar-refractivity contribution in [1.82, 2.24) is 4.98 Å². The summed E-state index contributed by atoms with van der Waals surface area (Å²) in [6, 6.07) is 15.7. The van der Waals surface area contributed by atoms with Crippen LogP contribution in [0.3, 0.4) is 0 Å². The number of fused-ring (bicyclic) bond motifs is 1. The Hall–Kier alpha value is -2.15. The van der Waals surface area contributed by atoms with Crippen LogP contribution in [0, 0.1) is 0 Å². The number of aromatic nitrogens is 1. The second kappa shape index (κ2) is 3.78. The zero-order chi connectivity index (χ0) is 12.5. The Morgan fingerprint density at radius 3 is 2.81 bits per heavy atom. The summed E-state index contributed by atoms with van der Waals surface area (Å²) in [6.45, 7) is 0. The fourth-order valence-electron chi connectivity index (χ4n) is 1.81. The van der Waals surface area contributed by atoms with Crippen molar-refractivity contribution in [3.05, 3.63) is 66.8 Å². The predicted octanol–water partition coefficient (Wildman–Crippen LogP) is 3.90. The summed E-state index contributed by atoms with van der Waals surface area (Å²) >= 11 is 0. The molecule has 0 amide bonds. The third-order valence-corrected chi connectivity index (χ3v) is 2.56. The summed E-state index contributed by atoms with van der Waals surface area (Å²) in [5.74, 6) is 0. The van der Waals surface area contributed by atoms with Crippen molar-refractivity contribution in [2.45, 2.75) is 0 Å². The highest BCUT2D eigenvalue weighted by Gasteiger charge is 2.03. The number of benzene rings is 2. The van der Waals surface area contributed by atoms with E-state index >= 15 is 0 Å². The van der Waals surface area contributed by atoms with Gasteiger partial charge in [-0.1, -0.05) is 54.5 Å². The van der Waals surface area contributed by atoms with E-state index in [2.05, 4.69) is 4.98 Å². The van der Waals surface area contributed by atoms with Gasteiger partial charge in [-0.05, 0) is 11.5 Å². The maximum atomic E-state index is 8.02. The number of hydrogen-bond acceptors (Lipinski definition) is 1. The molecule has 1 heterocycles. The molecule has 0 aliphatic rings. The van der Waals surface area contributed by atoms with Gasteiger partial charge in [-0.2, -0.15) is 0 Å². The fourth-order valence-corrected chi connectivity index (χ4v) is 1.81. The first-order valence-electron chi connectivity index (χ1n) is 6.17. The molecule has 0 radical (unpaired) electrons. The first-order valence-corrected chi connectivity index (χ1v) is 5.17. The van der Waals surface area contributed by atoms with Crippen LogP contribution in [0.2, 0.25) is 0 Å². The largest absolute Gasteiger partial charge is 0.256 e. The van der Waals surface area contributed by atoms with Gasteiger partial charge < -0.3 is 0 Å². The lowest BCUT2D eigenvalue weighted by Gasteiger charge is -2.04. The van der Waals surface area contributed by atoms with Gasteiger partial charge in [0.1, 0.15) is 0 Å². The molecule has 1 heteroatoms. The van der Waals surface area contributed by atoms with E-state index in [1.807, 2.05) is 30.3 Å². The molecule has 0 atom stereocenters. The lowest BCUT2D eigenvalue weighted by atomic mass is 10.0. The molecule has 1 nitrogen and oxygen atoms in total.